The largest absolute Gasteiger partial charge is 0.454 e. The van der Waals surface area contributed by atoms with E-state index in [-0.39, 0.29) is 12.7 Å². The van der Waals surface area contributed by atoms with Crippen LogP contribution < -0.4 is 20.1 Å². The van der Waals surface area contributed by atoms with Crippen LogP contribution in [0.5, 0.6) is 11.5 Å². The van der Waals surface area contributed by atoms with Crippen LogP contribution in [0.2, 0.25) is 0 Å². The van der Waals surface area contributed by atoms with Gasteiger partial charge in [0.1, 0.15) is 0 Å². The van der Waals surface area contributed by atoms with Crippen molar-refractivity contribution in [3.05, 3.63) is 59.8 Å². The number of nitrogens with one attached hydrogen (secondary N) is 3. The molecule has 3 aromatic rings. The van der Waals surface area contributed by atoms with Gasteiger partial charge in [-0.15, -0.1) is 0 Å². The number of carbonyl (C=O) groups is 1. The number of aromatic nitrogens is 1. The molecule has 6 heteroatoms. The van der Waals surface area contributed by atoms with Crippen molar-refractivity contribution in [2.75, 3.05) is 19.9 Å². The van der Waals surface area contributed by atoms with Gasteiger partial charge in [-0.05, 0) is 42.3 Å². The van der Waals surface area contributed by atoms with Crippen LogP contribution in [0.15, 0.2) is 48.7 Å². The van der Waals surface area contributed by atoms with Crippen LogP contribution in [0.3, 0.4) is 0 Å². The molecule has 1 aliphatic rings. The number of fused-ring (bicyclic) bond motifs is 2. The van der Waals surface area contributed by atoms with E-state index >= 15 is 0 Å². The highest BCUT2D eigenvalue weighted by molar-refractivity contribution is 5.83. The van der Waals surface area contributed by atoms with E-state index in [9.17, 15) is 4.79 Å². The van der Waals surface area contributed by atoms with Gasteiger partial charge in [0.25, 0.3) is 0 Å². The molecule has 0 spiro atoms. The number of ether oxygens (including phenoxy) is 2. The van der Waals surface area contributed by atoms with Crippen molar-refractivity contribution in [1.29, 1.82) is 0 Å². The summed E-state index contributed by atoms with van der Waals surface area (Å²) in [6.45, 7) is 2.26. The predicted molar refractivity (Wildman–Crippen MR) is 104 cm³/mol. The molecule has 2 heterocycles. The Balaban J connectivity index is 1.15. The molecule has 6 nitrogen and oxygen atoms in total. The normalized spacial score (nSPS) is 12.4. The molecule has 2 aromatic carbocycles. The fraction of sp³-hybridized carbons (Fsp3) is 0.286. The Morgan fingerprint density at radius 3 is 2.93 bits per heavy atom. The first kappa shape index (κ1) is 17.4. The van der Waals surface area contributed by atoms with Crippen LogP contribution in [-0.2, 0) is 17.8 Å². The molecule has 1 aliphatic heterocycles. The average Bonchev–Trinajstić information content (AvgIpc) is 3.32. The number of para-hydroxylation sites is 1. The fourth-order valence-corrected chi connectivity index (χ4v) is 3.23. The molecule has 0 atom stereocenters. The third kappa shape index (κ3) is 4.23. The van der Waals surface area contributed by atoms with Crippen LogP contribution in [0, 0.1) is 0 Å². The lowest BCUT2D eigenvalue weighted by molar-refractivity contribution is -0.121. The summed E-state index contributed by atoms with van der Waals surface area (Å²) in [7, 11) is 0. The molecule has 3 N–H and O–H groups in total. The number of benzene rings is 2. The predicted octanol–water partition coefficient (Wildman–Crippen LogP) is 2.74. The minimum atomic E-state index is 0.0345. The average molecular weight is 365 g/mol. The zero-order valence-corrected chi connectivity index (χ0v) is 15.1. The first-order valence-corrected chi connectivity index (χ1v) is 9.20. The maximum Gasteiger partial charge on any atom is 0.231 e. The molecule has 27 heavy (non-hydrogen) atoms. The molecule has 0 aliphatic carbocycles. The zero-order chi connectivity index (χ0) is 18.5. The second kappa shape index (κ2) is 8.14. The lowest BCUT2D eigenvalue weighted by Gasteiger charge is -2.07. The van der Waals surface area contributed by atoms with Gasteiger partial charge in [-0.3, -0.25) is 4.79 Å². The first-order valence-electron chi connectivity index (χ1n) is 9.20. The SMILES string of the molecule is O=C(CCNCCc1c[nH]c2ccccc12)NCc1ccc2c(c1)OCO2. The summed E-state index contributed by atoms with van der Waals surface area (Å²) >= 11 is 0. The highest BCUT2D eigenvalue weighted by Gasteiger charge is 2.13. The molecule has 0 fully saturated rings. The van der Waals surface area contributed by atoms with Gasteiger partial charge in [-0.25, -0.2) is 0 Å². The highest BCUT2D eigenvalue weighted by atomic mass is 16.7. The molecule has 4 rings (SSSR count). The van der Waals surface area contributed by atoms with Gasteiger partial charge in [-0.1, -0.05) is 24.3 Å². The summed E-state index contributed by atoms with van der Waals surface area (Å²) in [6, 6.07) is 14.0. The van der Waals surface area contributed by atoms with Gasteiger partial charge in [-0.2, -0.15) is 0 Å². The van der Waals surface area contributed by atoms with Crippen molar-refractivity contribution in [3.8, 4) is 11.5 Å². The van der Waals surface area contributed by atoms with E-state index in [1.54, 1.807) is 0 Å². The fourth-order valence-electron chi connectivity index (χ4n) is 3.23. The summed E-state index contributed by atoms with van der Waals surface area (Å²) in [6.07, 6.45) is 3.45. The van der Waals surface area contributed by atoms with Crippen molar-refractivity contribution in [2.24, 2.45) is 0 Å². The van der Waals surface area contributed by atoms with E-state index in [1.807, 2.05) is 24.3 Å². The summed E-state index contributed by atoms with van der Waals surface area (Å²) in [5, 5.41) is 7.54. The monoisotopic (exact) mass is 365 g/mol. The number of carbonyl (C=O) groups excluding carboxylic acids is 1. The van der Waals surface area contributed by atoms with E-state index in [1.165, 1.54) is 10.9 Å². The van der Waals surface area contributed by atoms with Crippen LogP contribution in [0.25, 0.3) is 10.9 Å². The topological polar surface area (TPSA) is 75.4 Å². The molecule has 1 amide bonds. The maximum absolute atomic E-state index is 12.0. The minimum absolute atomic E-state index is 0.0345. The van der Waals surface area contributed by atoms with Crippen LogP contribution in [0.4, 0.5) is 0 Å². The van der Waals surface area contributed by atoms with E-state index in [4.69, 9.17) is 9.47 Å². The molecule has 0 radical (unpaired) electrons. The summed E-state index contributed by atoms with van der Waals surface area (Å²) in [5.74, 6) is 1.53. The third-order valence-electron chi connectivity index (χ3n) is 4.70. The maximum atomic E-state index is 12.0. The van der Waals surface area contributed by atoms with E-state index in [2.05, 4.69) is 40.0 Å². The van der Waals surface area contributed by atoms with Crippen molar-refractivity contribution >= 4 is 16.8 Å². The molecule has 0 saturated heterocycles. The smallest absolute Gasteiger partial charge is 0.231 e. The van der Waals surface area contributed by atoms with Crippen LogP contribution in [0.1, 0.15) is 17.5 Å². The second-order valence-electron chi connectivity index (χ2n) is 6.57. The van der Waals surface area contributed by atoms with Gasteiger partial charge in [0.15, 0.2) is 11.5 Å². The quantitative estimate of drug-likeness (QED) is 0.537. The van der Waals surface area contributed by atoms with E-state index in [0.29, 0.717) is 19.5 Å². The Kier molecular flexibility index (Phi) is 5.25. The Labute approximate surface area is 157 Å². The van der Waals surface area contributed by atoms with Crippen LogP contribution in [-0.4, -0.2) is 30.8 Å². The molecular formula is C21H23N3O3. The molecule has 1 aromatic heterocycles. The number of rotatable bonds is 8. The minimum Gasteiger partial charge on any atom is -0.454 e. The van der Waals surface area contributed by atoms with Gasteiger partial charge in [0.05, 0.1) is 0 Å². The van der Waals surface area contributed by atoms with Gasteiger partial charge in [0, 0.05) is 36.6 Å². The Morgan fingerprint density at radius 2 is 1.96 bits per heavy atom. The van der Waals surface area contributed by atoms with Crippen molar-refractivity contribution < 1.29 is 14.3 Å². The molecule has 0 bridgehead atoms. The summed E-state index contributed by atoms with van der Waals surface area (Å²) < 4.78 is 10.6. The molecule has 140 valence electrons. The number of hydrogen-bond acceptors (Lipinski definition) is 4. The van der Waals surface area contributed by atoms with Gasteiger partial charge < -0.3 is 25.1 Å². The molecule has 0 saturated carbocycles. The summed E-state index contributed by atoms with van der Waals surface area (Å²) in [4.78, 5) is 15.3. The number of amides is 1. The number of H-pyrrole nitrogens is 1. The number of hydrogen-bond donors (Lipinski definition) is 3. The Bertz CT molecular complexity index is 935. The Morgan fingerprint density at radius 1 is 1.07 bits per heavy atom. The van der Waals surface area contributed by atoms with Crippen molar-refractivity contribution in [2.45, 2.75) is 19.4 Å². The molecular weight excluding hydrogens is 342 g/mol. The molecule has 0 unspecified atom stereocenters. The first-order chi connectivity index (χ1) is 13.3. The van der Waals surface area contributed by atoms with E-state index < -0.39 is 0 Å². The van der Waals surface area contributed by atoms with E-state index in [0.717, 1.165) is 35.5 Å². The second-order valence-corrected chi connectivity index (χ2v) is 6.57. The zero-order valence-electron chi connectivity index (χ0n) is 15.1. The Hall–Kier alpha value is -2.99. The third-order valence-corrected chi connectivity index (χ3v) is 4.70. The van der Waals surface area contributed by atoms with Gasteiger partial charge in [0.2, 0.25) is 12.7 Å². The number of aromatic amines is 1. The van der Waals surface area contributed by atoms with Crippen molar-refractivity contribution in [1.82, 2.24) is 15.6 Å². The lowest BCUT2D eigenvalue weighted by Crippen LogP contribution is -2.28. The van der Waals surface area contributed by atoms with Crippen LogP contribution >= 0.6 is 0 Å². The standard InChI is InChI=1S/C21H23N3O3/c25-21(24-12-15-5-6-19-20(11-15)27-14-26-19)8-10-22-9-7-16-13-23-18-4-2-1-3-17(16)18/h1-6,11,13,22-23H,7-10,12,14H2,(H,24,25). The van der Waals surface area contributed by atoms with Gasteiger partial charge >= 0.3 is 0 Å². The lowest BCUT2D eigenvalue weighted by atomic mass is 10.1. The summed E-state index contributed by atoms with van der Waals surface area (Å²) in [5.41, 5.74) is 3.46. The van der Waals surface area contributed by atoms with Crippen molar-refractivity contribution in [3.63, 3.8) is 0 Å². The highest BCUT2D eigenvalue weighted by Crippen LogP contribution is 2.32.